The lowest BCUT2D eigenvalue weighted by Crippen LogP contribution is -2.19. The minimum atomic E-state index is 0.438. The summed E-state index contributed by atoms with van der Waals surface area (Å²) in [6.07, 6.45) is 5.37. The quantitative estimate of drug-likeness (QED) is 0.908. The van der Waals surface area contributed by atoms with Crippen molar-refractivity contribution in [3.8, 4) is 0 Å². The molecule has 2 aromatic rings. The standard InChI is InChI=1S/C15H18N2S/c1-2-11-7-9-18-14(11)10-17-13-6-5-12-4-3-8-16-15(12)13/h3-4,7-9,13,17H,2,5-6,10H2,1H3. The Morgan fingerprint density at radius 3 is 3.28 bits per heavy atom. The maximum atomic E-state index is 4.52. The third-order valence-electron chi connectivity index (χ3n) is 3.69. The van der Waals surface area contributed by atoms with E-state index in [2.05, 4.69) is 34.7 Å². The SMILES string of the molecule is CCc1ccsc1CNC1CCc2cccnc21. The first-order valence-corrected chi connectivity index (χ1v) is 7.49. The fourth-order valence-corrected chi connectivity index (χ4v) is 3.59. The second kappa shape index (κ2) is 5.21. The van der Waals surface area contributed by atoms with E-state index < -0.39 is 0 Å². The van der Waals surface area contributed by atoms with Crippen molar-refractivity contribution in [2.24, 2.45) is 0 Å². The van der Waals surface area contributed by atoms with Crippen LogP contribution in [0.4, 0.5) is 0 Å². The molecule has 1 aliphatic rings. The normalized spacial score (nSPS) is 17.9. The van der Waals surface area contributed by atoms with Gasteiger partial charge in [-0.05, 0) is 47.9 Å². The first-order valence-electron chi connectivity index (χ1n) is 6.61. The van der Waals surface area contributed by atoms with Crippen LogP contribution in [0.3, 0.4) is 0 Å². The van der Waals surface area contributed by atoms with E-state index in [1.54, 1.807) is 0 Å². The molecule has 0 saturated carbocycles. The van der Waals surface area contributed by atoms with E-state index in [4.69, 9.17) is 0 Å². The Kier molecular flexibility index (Phi) is 3.43. The van der Waals surface area contributed by atoms with E-state index in [-0.39, 0.29) is 0 Å². The third-order valence-corrected chi connectivity index (χ3v) is 4.65. The molecule has 0 aromatic carbocycles. The van der Waals surface area contributed by atoms with E-state index >= 15 is 0 Å². The molecule has 0 bridgehead atoms. The summed E-state index contributed by atoms with van der Waals surface area (Å²) in [6.45, 7) is 3.19. The van der Waals surface area contributed by atoms with Gasteiger partial charge in [0.15, 0.2) is 0 Å². The number of nitrogens with one attached hydrogen (secondary N) is 1. The Bertz CT molecular complexity index is 533. The lowest BCUT2D eigenvalue weighted by Gasteiger charge is -2.13. The van der Waals surface area contributed by atoms with Crippen molar-refractivity contribution in [2.75, 3.05) is 0 Å². The van der Waals surface area contributed by atoms with E-state index in [0.717, 1.165) is 19.4 Å². The van der Waals surface area contributed by atoms with Crippen LogP contribution >= 0.6 is 11.3 Å². The number of nitrogens with zero attached hydrogens (tertiary/aromatic N) is 1. The van der Waals surface area contributed by atoms with Gasteiger partial charge in [-0.1, -0.05) is 13.0 Å². The average Bonchev–Trinajstić information content (AvgIpc) is 3.02. The van der Waals surface area contributed by atoms with Gasteiger partial charge in [0.2, 0.25) is 0 Å². The molecule has 0 fully saturated rings. The molecular weight excluding hydrogens is 240 g/mol. The minimum absolute atomic E-state index is 0.438. The number of pyridine rings is 1. The van der Waals surface area contributed by atoms with Crippen LogP contribution < -0.4 is 5.32 Å². The predicted molar refractivity (Wildman–Crippen MR) is 75.8 cm³/mol. The zero-order valence-corrected chi connectivity index (χ0v) is 11.5. The van der Waals surface area contributed by atoms with Crippen molar-refractivity contribution in [2.45, 2.75) is 38.8 Å². The van der Waals surface area contributed by atoms with Crippen molar-refractivity contribution in [3.05, 3.63) is 51.5 Å². The Hall–Kier alpha value is -1.19. The second-order valence-corrected chi connectivity index (χ2v) is 5.74. The second-order valence-electron chi connectivity index (χ2n) is 4.74. The third kappa shape index (κ3) is 2.20. The summed E-state index contributed by atoms with van der Waals surface area (Å²) in [5, 5.41) is 5.85. The Morgan fingerprint density at radius 2 is 2.39 bits per heavy atom. The highest BCUT2D eigenvalue weighted by Crippen LogP contribution is 2.29. The summed E-state index contributed by atoms with van der Waals surface area (Å²) in [5.74, 6) is 0. The highest BCUT2D eigenvalue weighted by atomic mass is 32.1. The number of thiophene rings is 1. The molecule has 94 valence electrons. The molecule has 0 aliphatic heterocycles. The summed E-state index contributed by atoms with van der Waals surface area (Å²) in [6, 6.07) is 6.91. The van der Waals surface area contributed by atoms with Crippen molar-refractivity contribution in [1.29, 1.82) is 0 Å². The molecule has 1 unspecified atom stereocenters. The monoisotopic (exact) mass is 258 g/mol. The fraction of sp³-hybridized carbons (Fsp3) is 0.400. The topological polar surface area (TPSA) is 24.9 Å². The van der Waals surface area contributed by atoms with Crippen molar-refractivity contribution in [1.82, 2.24) is 10.3 Å². The highest BCUT2D eigenvalue weighted by molar-refractivity contribution is 7.10. The number of rotatable bonds is 4. The number of aromatic nitrogens is 1. The number of hydrogen-bond donors (Lipinski definition) is 1. The molecule has 1 N–H and O–H groups in total. The Labute approximate surface area is 112 Å². The molecule has 0 radical (unpaired) electrons. The molecular formula is C15H18N2S. The maximum Gasteiger partial charge on any atom is 0.0605 e. The van der Waals surface area contributed by atoms with Gasteiger partial charge >= 0.3 is 0 Å². The molecule has 18 heavy (non-hydrogen) atoms. The lowest BCUT2D eigenvalue weighted by molar-refractivity contribution is 0.523. The van der Waals surface area contributed by atoms with Gasteiger partial charge in [-0.3, -0.25) is 4.98 Å². The summed E-state index contributed by atoms with van der Waals surface area (Å²) in [7, 11) is 0. The van der Waals surface area contributed by atoms with Gasteiger partial charge in [0.1, 0.15) is 0 Å². The largest absolute Gasteiger partial charge is 0.304 e. The lowest BCUT2D eigenvalue weighted by atomic mass is 10.2. The molecule has 2 nitrogen and oxygen atoms in total. The smallest absolute Gasteiger partial charge is 0.0605 e. The van der Waals surface area contributed by atoms with E-state index in [0.29, 0.717) is 6.04 Å². The molecule has 3 rings (SSSR count). The summed E-state index contributed by atoms with van der Waals surface area (Å²) >= 11 is 1.86. The van der Waals surface area contributed by atoms with Crippen LogP contribution in [0, 0.1) is 0 Å². The summed E-state index contributed by atoms with van der Waals surface area (Å²) in [5.41, 5.74) is 4.15. The van der Waals surface area contributed by atoms with E-state index in [1.807, 2.05) is 23.6 Å². The first kappa shape index (κ1) is 11.9. The van der Waals surface area contributed by atoms with Gasteiger partial charge in [0.05, 0.1) is 11.7 Å². The molecule has 2 heterocycles. The molecule has 0 spiro atoms. The van der Waals surface area contributed by atoms with Gasteiger partial charge < -0.3 is 5.32 Å². The molecule has 3 heteroatoms. The van der Waals surface area contributed by atoms with Crippen LogP contribution in [-0.4, -0.2) is 4.98 Å². The number of hydrogen-bond acceptors (Lipinski definition) is 3. The van der Waals surface area contributed by atoms with Gasteiger partial charge in [-0.15, -0.1) is 11.3 Å². The van der Waals surface area contributed by atoms with Crippen molar-refractivity contribution in [3.63, 3.8) is 0 Å². The van der Waals surface area contributed by atoms with E-state index in [9.17, 15) is 0 Å². The van der Waals surface area contributed by atoms with Crippen LogP contribution in [0.25, 0.3) is 0 Å². The molecule has 0 saturated heterocycles. The van der Waals surface area contributed by atoms with Crippen molar-refractivity contribution >= 4 is 11.3 Å². The number of aryl methyl sites for hydroxylation is 2. The van der Waals surface area contributed by atoms with Crippen molar-refractivity contribution < 1.29 is 0 Å². The molecule has 0 amide bonds. The van der Waals surface area contributed by atoms with Crippen LogP contribution in [0.5, 0.6) is 0 Å². The molecule has 2 aromatic heterocycles. The first-order chi connectivity index (χ1) is 8.88. The zero-order valence-electron chi connectivity index (χ0n) is 10.6. The highest BCUT2D eigenvalue weighted by Gasteiger charge is 2.22. The van der Waals surface area contributed by atoms with Crippen LogP contribution in [0.1, 0.15) is 41.1 Å². The van der Waals surface area contributed by atoms with Gasteiger partial charge in [0.25, 0.3) is 0 Å². The zero-order chi connectivity index (χ0) is 12.4. The minimum Gasteiger partial charge on any atom is -0.304 e. The average molecular weight is 258 g/mol. The van der Waals surface area contributed by atoms with E-state index in [1.165, 1.54) is 28.1 Å². The fourth-order valence-electron chi connectivity index (χ4n) is 2.66. The van der Waals surface area contributed by atoms with Crippen LogP contribution in [-0.2, 0) is 19.4 Å². The predicted octanol–water partition coefficient (Wildman–Crippen LogP) is 3.48. The van der Waals surface area contributed by atoms with Gasteiger partial charge in [-0.25, -0.2) is 0 Å². The summed E-state index contributed by atoms with van der Waals surface area (Å²) < 4.78 is 0. The van der Waals surface area contributed by atoms with Crippen LogP contribution in [0.2, 0.25) is 0 Å². The van der Waals surface area contributed by atoms with Gasteiger partial charge in [-0.2, -0.15) is 0 Å². The molecule has 1 aliphatic carbocycles. The van der Waals surface area contributed by atoms with Crippen LogP contribution in [0.15, 0.2) is 29.8 Å². The number of fused-ring (bicyclic) bond motifs is 1. The Morgan fingerprint density at radius 1 is 1.44 bits per heavy atom. The Balaban J connectivity index is 1.69. The van der Waals surface area contributed by atoms with Gasteiger partial charge in [0, 0.05) is 17.6 Å². The molecule has 1 atom stereocenters. The maximum absolute atomic E-state index is 4.52. The summed E-state index contributed by atoms with van der Waals surface area (Å²) in [4.78, 5) is 6.00.